The van der Waals surface area contributed by atoms with Crippen LogP contribution in [-0.4, -0.2) is 64.9 Å². The summed E-state index contributed by atoms with van der Waals surface area (Å²) in [5.74, 6) is -9.96. The van der Waals surface area contributed by atoms with Crippen molar-refractivity contribution >= 4 is 0 Å². The Morgan fingerprint density at radius 2 is 1.61 bits per heavy atom. The van der Waals surface area contributed by atoms with Gasteiger partial charge in [0.25, 0.3) is 0 Å². The van der Waals surface area contributed by atoms with Gasteiger partial charge in [-0.2, -0.15) is 4.90 Å². The summed E-state index contributed by atoms with van der Waals surface area (Å²) in [7, 11) is 0. The summed E-state index contributed by atoms with van der Waals surface area (Å²) in [5.41, 5.74) is -2.65. The maximum absolute atomic E-state index is 13.5. The molecule has 0 amide bonds. The van der Waals surface area contributed by atoms with Crippen molar-refractivity contribution in [2.45, 2.75) is 75.8 Å². The molecule has 3 atom stereocenters. The lowest BCUT2D eigenvalue weighted by atomic mass is 9.71. The van der Waals surface area contributed by atoms with Crippen molar-refractivity contribution in [3.05, 3.63) is 0 Å². The fourth-order valence-electron chi connectivity index (χ4n) is 4.56. The van der Waals surface area contributed by atoms with Gasteiger partial charge in [0.1, 0.15) is 6.17 Å². The first-order valence-electron chi connectivity index (χ1n) is 8.03. The third kappa shape index (κ3) is 2.00. The van der Waals surface area contributed by atoms with Crippen LogP contribution in [0.2, 0.25) is 0 Å². The van der Waals surface area contributed by atoms with Gasteiger partial charge in [0.15, 0.2) is 5.79 Å². The van der Waals surface area contributed by atoms with E-state index in [-0.39, 0.29) is 12.8 Å². The molecule has 3 rings (SSSR count). The molecule has 1 heterocycles. The molecule has 8 heteroatoms. The molecule has 7 nitrogen and oxygen atoms in total. The molecule has 6 N–H and O–H groups in total. The molecule has 1 aliphatic heterocycles. The van der Waals surface area contributed by atoms with Gasteiger partial charge < -0.3 is 30.6 Å². The topological polar surface area (TPSA) is 125 Å². The molecular weight excluding hydrogens is 309 g/mol. The van der Waals surface area contributed by atoms with Crippen molar-refractivity contribution < 1.29 is 35.0 Å². The van der Waals surface area contributed by atoms with Crippen LogP contribution in [0.1, 0.15) is 46.5 Å². The normalized spacial score (nSPS) is 39.3. The van der Waals surface area contributed by atoms with Gasteiger partial charge in [-0.15, -0.1) is 0 Å². The first-order chi connectivity index (χ1) is 10.2. The fourth-order valence-corrected chi connectivity index (χ4v) is 4.56. The van der Waals surface area contributed by atoms with E-state index < -0.39 is 46.6 Å². The largest absolute Gasteiger partial charge is 0.364 e. The van der Waals surface area contributed by atoms with Crippen LogP contribution >= 0.6 is 0 Å². The number of nitrogens with zero attached hydrogens (tertiary/aromatic N) is 1. The smallest absolute Gasteiger partial charge is 0.235 e. The number of aliphatic hydroxyl groups is 6. The monoisotopic (exact) mass is 335 g/mol. The fraction of sp³-hybridized carbons (Fsp3) is 1.00. The van der Waals surface area contributed by atoms with Gasteiger partial charge in [-0.05, 0) is 26.2 Å². The van der Waals surface area contributed by atoms with Crippen LogP contribution in [0.3, 0.4) is 0 Å². The zero-order chi connectivity index (χ0) is 17.6. The first kappa shape index (κ1) is 17.5. The Labute approximate surface area is 134 Å². The molecule has 0 aromatic rings. The second kappa shape index (κ2) is 4.43. The van der Waals surface area contributed by atoms with E-state index in [2.05, 4.69) is 0 Å². The van der Waals surface area contributed by atoms with E-state index in [1.54, 1.807) is 13.8 Å². The van der Waals surface area contributed by atoms with Gasteiger partial charge in [-0.3, -0.25) is 0 Å². The molecule has 23 heavy (non-hydrogen) atoms. The third-order valence-electron chi connectivity index (χ3n) is 6.33. The lowest BCUT2D eigenvalue weighted by molar-refractivity contribution is -0.427. The average Bonchev–Trinajstić information content (AvgIpc) is 3.24. The Morgan fingerprint density at radius 3 is 1.96 bits per heavy atom. The highest BCUT2D eigenvalue weighted by Gasteiger charge is 2.81. The predicted octanol–water partition coefficient (Wildman–Crippen LogP) is -0.797. The van der Waals surface area contributed by atoms with Crippen LogP contribution in [-0.2, 0) is 0 Å². The van der Waals surface area contributed by atoms with E-state index >= 15 is 0 Å². The van der Waals surface area contributed by atoms with Crippen LogP contribution in [0.15, 0.2) is 0 Å². The second-order valence-corrected chi connectivity index (χ2v) is 8.07. The summed E-state index contributed by atoms with van der Waals surface area (Å²) in [4.78, 5) is 0.518. The highest BCUT2D eigenvalue weighted by Crippen LogP contribution is 2.71. The van der Waals surface area contributed by atoms with Gasteiger partial charge in [0.2, 0.25) is 11.8 Å². The van der Waals surface area contributed by atoms with Crippen molar-refractivity contribution in [3.63, 3.8) is 0 Å². The van der Waals surface area contributed by atoms with E-state index in [0.29, 0.717) is 17.7 Å². The van der Waals surface area contributed by atoms with Crippen molar-refractivity contribution in [1.82, 2.24) is 4.90 Å². The highest BCUT2D eigenvalue weighted by molar-refractivity contribution is 5.25. The van der Waals surface area contributed by atoms with Crippen LogP contribution < -0.4 is 0 Å². The quantitative estimate of drug-likeness (QED) is 0.372. The summed E-state index contributed by atoms with van der Waals surface area (Å²) in [5, 5.41) is 63.3. The maximum Gasteiger partial charge on any atom is 0.235 e. The van der Waals surface area contributed by atoms with Crippen molar-refractivity contribution in [2.24, 2.45) is 17.3 Å². The van der Waals surface area contributed by atoms with Gasteiger partial charge in [0, 0.05) is 17.8 Å². The zero-order valence-electron chi connectivity index (χ0n) is 13.6. The molecule has 2 saturated carbocycles. The summed E-state index contributed by atoms with van der Waals surface area (Å²) >= 11 is 0. The molecule has 1 saturated heterocycles. The molecule has 3 fully saturated rings. The van der Waals surface area contributed by atoms with Crippen LogP contribution in [0.4, 0.5) is 4.39 Å². The Bertz CT molecular complexity index is 518. The van der Waals surface area contributed by atoms with Crippen LogP contribution in [0.5, 0.6) is 0 Å². The molecule has 0 aromatic heterocycles. The third-order valence-corrected chi connectivity index (χ3v) is 6.33. The predicted molar refractivity (Wildman–Crippen MR) is 75.9 cm³/mol. The number of halogens is 1. The Morgan fingerprint density at radius 1 is 1.13 bits per heavy atom. The molecule has 3 unspecified atom stereocenters. The van der Waals surface area contributed by atoms with Crippen molar-refractivity contribution in [2.75, 3.05) is 0 Å². The molecule has 2 aliphatic carbocycles. The van der Waals surface area contributed by atoms with E-state index in [1.807, 2.05) is 0 Å². The minimum Gasteiger partial charge on any atom is -0.364 e. The molecule has 1 spiro atoms. The number of alkyl halides is 1. The summed E-state index contributed by atoms with van der Waals surface area (Å²) in [6.07, 6.45) is -0.907. The summed E-state index contributed by atoms with van der Waals surface area (Å²) in [6.45, 7) is 4.46. The molecular formula is C15H26FNO6. The standard InChI is InChI=1S/C15H26FNO6/c1-8(2)14(20,21)11(3)12(4-5-12)7-13(18,19)17(11)15(22,23)9-6-10(9)16/h8-10,18-23H,4-7H2,1-3H3. The van der Waals surface area contributed by atoms with Gasteiger partial charge in [-0.25, -0.2) is 4.39 Å². The van der Waals surface area contributed by atoms with Gasteiger partial charge in [0.05, 0.1) is 11.5 Å². The minimum atomic E-state index is -2.89. The SMILES string of the molecule is CC(C)C(O)(O)C1(C)N(C(O)(O)C2CC2F)C(O)(O)CC12CC2. The first-order valence-corrected chi connectivity index (χ1v) is 8.03. The van der Waals surface area contributed by atoms with E-state index in [0.717, 1.165) is 0 Å². The lowest BCUT2D eigenvalue weighted by Crippen LogP contribution is -2.75. The van der Waals surface area contributed by atoms with Crippen LogP contribution in [0, 0.1) is 17.3 Å². The maximum atomic E-state index is 13.5. The molecule has 134 valence electrons. The molecule has 0 radical (unpaired) electrons. The zero-order valence-corrected chi connectivity index (χ0v) is 13.6. The molecule has 0 aromatic carbocycles. The Hall–Kier alpha value is -0.350. The van der Waals surface area contributed by atoms with Crippen LogP contribution in [0.25, 0.3) is 0 Å². The average molecular weight is 335 g/mol. The highest BCUT2D eigenvalue weighted by atomic mass is 19.1. The number of hydrogen-bond acceptors (Lipinski definition) is 7. The summed E-state index contributed by atoms with van der Waals surface area (Å²) < 4.78 is 13.5. The van der Waals surface area contributed by atoms with E-state index in [9.17, 15) is 35.0 Å². The van der Waals surface area contributed by atoms with Gasteiger partial charge >= 0.3 is 0 Å². The van der Waals surface area contributed by atoms with E-state index in [4.69, 9.17) is 0 Å². The van der Waals surface area contributed by atoms with E-state index in [1.165, 1.54) is 6.92 Å². The number of hydrogen-bond donors (Lipinski definition) is 6. The second-order valence-electron chi connectivity index (χ2n) is 8.07. The minimum absolute atomic E-state index is 0.131. The molecule has 0 bridgehead atoms. The van der Waals surface area contributed by atoms with Crippen molar-refractivity contribution in [1.29, 1.82) is 0 Å². The van der Waals surface area contributed by atoms with Crippen molar-refractivity contribution in [3.8, 4) is 0 Å². The molecule has 3 aliphatic rings. The Balaban J connectivity index is 2.14. The summed E-state index contributed by atoms with van der Waals surface area (Å²) in [6, 6.07) is 0. The van der Waals surface area contributed by atoms with Gasteiger partial charge in [-0.1, -0.05) is 13.8 Å². The Kier molecular flexibility index (Phi) is 3.37. The number of rotatable bonds is 4. The number of likely N-dealkylation sites (tertiary alicyclic amines) is 1. The lowest BCUT2D eigenvalue weighted by Gasteiger charge is -2.54.